The molecule has 0 aromatic carbocycles. The first-order valence-corrected chi connectivity index (χ1v) is 7.43. The summed E-state index contributed by atoms with van der Waals surface area (Å²) in [6, 6.07) is 0. The lowest BCUT2D eigenvalue weighted by atomic mass is 10.1. The molecule has 1 rings (SSSR count). The zero-order valence-corrected chi connectivity index (χ0v) is 13.2. The van der Waals surface area contributed by atoms with E-state index in [-0.39, 0.29) is 5.91 Å². The van der Waals surface area contributed by atoms with Gasteiger partial charge in [-0.15, -0.1) is 0 Å². The lowest BCUT2D eigenvalue weighted by Gasteiger charge is -2.08. The van der Waals surface area contributed by atoms with Crippen molar-refractivity contribution in [3.63, 3.8) is 0 Å². The topological polar surface area (TPSA) is 46.9 Å². The average molecular weight is 316 g/mol. The highest BCUT2D eigenvalue weighted by Crippen LogP contribution is 2.12. The summed E-state index contributed by atoms with van der Waals surface area (Å²) in [6.45, 7) is 6.71. The van der Waals surface area contributed by atoms with Gasteiger partial charge < -0.3 is 5.32 Å². The molecule has 0 aliphatic heterocycles. The molecular formula is C13H22BrN3O. The van der Waals surface area contributed by atoms with Gasteiger partial charge in [-0.05, 0) is 32.6 Å². The number of nitrogens with one attached hydrogen (secondary N) is 1. The van der Waals surface area contributed by atoms with Crippen molar-refractivity contribution >= 4 is 21.8 Å². The molecule has 1 amide bonds. The highest BCUT2D eigenvalue weighted by Gasteiger charge is 2.16. The van der Waals surface area contributed by atoms with E-state index in [1.54, 1.807) is 4.68 Å². The molecule has 0 aliphatic rings. The van der Waals surface area contributed by atoms with E-state index in [0.717, 1.165) is 36.1 Å². The SMILES string of the molecule is Cc1nn(C)c(C)c1C(=O)NCCCC(C)CBr. The van der Waals surface area contributed by atoms with Crippen LogP contribution in [0.5, 0.6) is 0 Å². The number of rotatable bonds is 6. The summed E-state index contributed by atoms with van der Waals surface area (Å²) in [6.07, 6.45) is 2.13. The Labute approximate surface area is 117 Å². The molecule has 0 saturated heterocycles. The van der Waals surface area contributed by atoms with E-state index in [4.69, 9.17) is 0 Å². The van der Waals surface area contributed by atoms with Gasteiger partial charge in [-0.3, -0.25) is 9.48 Å². The summed E-state index contributed by atoms with van der Waals surface area (Å²) in [5, 5.41) is 8.23. The number of hydrogen-bond acceptors (Lipinski definition) is 2. The van der Waals surface area contributed by atoms with Crippen molar-refractivity contribution in [2.45, 2.75) is 33.6 Å². The van der Waals surface area contributed by atoms with E-state index in [9.17, 15) is 4.79 Å². The fraction of sp³-hybridized carbons (Fsp3) is 0.692. The predicted octanol–water partition coefficient (Wildman–Crippen LogP) is 2.58. The van der Waals surface area contributed by atoms with Crippen molar-refractivity contribution in [3.05, 3.63) is 17.0 Å². The zero-order chi connectivity index (χ0) is 13.7. The first-order valence-electron chi connectivity index (χ1n) is 6.31. The van der Waals surface area contributed by atoms with Crippen LogP contribution in [0.4, 0.5) is 0 Å². The van der Waals surface area contributed by atoms with Crippen LogP contribution in [-0.2, 0) is 7.05 Å². The Balaban J connectivity index is 2.46. The van der Waals surface area contributed by atoms with Crippen molar-refractivity contribution in [2.75, 3.05) is 11.9 Å². The second-order valence-corrected chi connectivity index (χ2v) is 5.47. The second kappa shape index (κ2) is 6.92. The number of alkyl halides is 1. The molecule has 1 aromatic rings. The third kappa shape index (κ3) is 3.83. The number of carbonyl (C=O) groups excluding carboxylic acids is 1. The highest BCUT2D eigenvalue weighted by molar-refractivity contribution is 9.09. The molecule has 1 heterocycles. The number of nitrogens with zero attached hydrogens (tertiary/aromatic N) is 2. The van der Waals surface area contributed by atoms with Crippen molar-refractivity contribution < 1.29 is 4.79 Å². The maximum absolute atomic E-state index is 12.0. The minimum absolute atomic E-state index is 0.00963. The Bertz CT molecular complexity index is 415. The Morgan fingerprint density at radius 1 is 1.50 bits per heavy atom. The van der Waals surface area contributed by atoms with Gasteiger partial charge in [0.2, 0.25) is 0 Å². The maximum atomic E-state index is 12.0. The third-order valence-corrected chi connectivity index (χ3v) is 4.26. The summed E-state index contributed by atoms with van der Waals surface area (Å²) < 4.78 is 1.75. The number of hydrogen-bond donors (Lipinski definition) is 1. The van der Waals surface area contributed by atoms with Crippen molar-refractivity contribution in [3.8, 4) is 0 Å². The lowest BCUT2D eigenvalue weighted by Crippen LogP contribution is -2.25. The molecule has 102 valence electrons. The second-order valence-electron chi connectivity index (χ2n) is 4.83. The summed E-state index contributed by atoms with van der Waals surface area (Å²) in [5.74, 6) is 0.647. The van der Waals surface area contributed by atoms with Crippen molar-refractivity contribution in [1.82, 2.24) is 15.1 Å². The third-order valence-electron chi connectivity index (χ3n) is 3.16. The van der Waals surface area contributed by atoms with E-state index in [2.05, 4.69) is 33.3 Å². The van der Waals surface area contributed by atoms with Gasteiger partial charge in [0.15, 0.2) is 0 Å². The molecule has 0 aliphatic carbocycles. The monoisotopic (exact) mass is 315 g/mol. The first kappa shape index (κ1) is 15.2. The molecule has 0 saturated carbocycles. The Morgan fingerprint density at radius 2 is 2.17 bits per heavy atom. The van der Waals surface area contributed by atoms with E-state index in [0.29, 0.717) is 11.5 Å². The summed E-state index contributed by atoms with van der Waals surface area (Å²) in [5.41, 5.74) is 2.42. The van der Waals surface area contributed by atoms with Crippen LogP contribution >= 0.6 is 15.9 Å². The smallest absolute Gasteiger partial charge is 0.255 e. The quantitative estimate of drug-likeness (QED) is 0.648. The minimum atomic E-state index is -0.00963. The number of aromatic nitrogens is 2. The van der Waals surface area contributed by atoms with Gasteiger partial charge in [0.1, 0.15) is 0 Å². The van der Waals surface area contributed by atoms with Crippen LogP contribution in [0.2, 0.25) is 0 Å². The number of aryl methyl sites for hydroxylation is 2. The summed E-state index contributed by atoms with van der Waals surface area (Å²) >= 11 is 3.46. The van der Waals surface area contributed by atoms with E-state index < -0.39 is 0 Å². The van der Waals surface area contributed by atoms with Gasteiger partial charge in [0.05, 0.1) is 11.3 Å². The van der Waals surface area contributed by atoms with Crippen LogP contribution in [0.3, 0.4) is 0 Å². The summed E-state index contributed by atoms with van der Waals surface area (Å²) in [7, 11) is 1.86. The Hall–Kier alpha value is -0.840. The van der Waals surface area contributed by atoms with Crippen LogP contribution in [0.15, 0.2) is 0 Å². The zero-order valence-electron chi connectivity index (χ0n) is 11.6. The number of halogens is 1. The van der Waals surface area contributed by atoms with Crippen molar-refractivity contribution in [1.29, 1.82) is 0 Å². The minimum Gasteiger partial charge on any atom is -0.352 e. The average Bonchev–Trinajstić information content (AvgIpc) is 2.58. The van der Waals surface area contributed by atoms with Crippen LogP contribution < -0.4 is 5.32 Å². The molecule has 5 heteroatoms. The van der Waals surface area contributed by atoms with Gasteiger partial charge >= 0.3 is 0 Å². The van der Waals surface area contributed by atoms with E-state index in [1.165, 1.54) is 0 Å². The van der Waals surface area contributed by atoms with Gasteiger partial charge in [0.25, 0.3) is 5.91 Å². The number of amides is 1. The predicted molar refractivity (Wildman–Crippen MR) is 77.2 cm³/mol. The summed E-state index contributed by atoms with van der Waals surface area (Å²) in [4.78, 5) is 12.0. The molecule has 0 radical (unpaired) electrons. The van der Waals surface area contributed by atoms with Gasteiger partial charge in [-0.1, -0.05) is 22.9 Å². The first-order chi connectivity index (χ1) is 8.47. The molecule has 1 unspecified atom stereocenters. The fourth-order valence-electron chi connectivity index (χ4n) is 1.92. The molecule has 0 fully saturated rings. The normalized spacial score (nSPS) is 12.5. The van der Waals surface area contributed by atoms with Gasteiger partial charge in [-0.25, -0.2) is 0 Å². The molecule has 0 spiro atoms. The highest BCUT2D eigenvalue weighted by atomic mass is 79.9. The lowest BCUT2D eigenvalue weighted by molar-refractivity contribution is 0.0951. The Kier molecular flexibility index (Phi) is 5.85. The molecule has 1 atom stereocenters. The number of carbonyl (C=O) groups is 1. The largest absolute Gasteiger partial charge is 0.352 e. The van der Waals surface area contributed by atoms with Crippen LogP contribution in [0.25, 0.3) is 0 Å². The van der Waals surface area contributed by atoms with Gasteiger partial charge in [-0.2, -0.15) is 5.10 Å². The standard InChI is InChI=1S/C13H22BrN3O/c1-9(8-14)6-5-7-15-13(18)12-10(2)16-17(4)11(12)3/h9H,5-8H2,1-4H3,(H,15,18). The van der Waals surface area contributed by atoms with Crippen molar-refractivity contribution in [2.24, 2.45) is 13.0 Å². The van der Waals surface area contributed by atoms with Crippen LogP contribution in [0.1, 0.15) is 41.5 Å². The van der Waals surface area contributed by atoms with E-state index >= 15 is 0 Å². The molecule has 18 heavy (non-hydrogen) atoms. The van der Waals surface area contributed by atoms with Crippen LogP contribution in [0, 0.1) is 19.8 Å². The molecule has 4 nitrogen and oxygen atoms in total. The fourth-order valence-corrected chi connectivity index (χ4v) is 2.24. The van der Waals surface area contributed by atoms with Gasteiger partial charge in [0, 0.05) is 24.6 Å². The van der Waals surface area contributed by atoms with Crippen LogP contribution in [-0.4, -0.2) is 27.6 Å². The maximum Gasteiger partial charge on any atom is 0.255 e. The molecule has 1 N–H and O–H groups in total. The molecule has 1 aromatic heterocycles. The molecular weight excluding hydrogens is 294 g/mol. The Morgan fingerprint density at radius 3 is 2.67 bits per heavy atom. The van der Waals surface area contributed by atoms with E-state index in [1.807, 2.05) is 20.9 Å². The molecule has 0 bridgehead atoms.